The van der Waals surface area contributed by atoms with Gasteiger partial charge < -0.3 is 9.84 Å². The van der Waals surface area contributed by atoms with Crippen LogP contribution in [0, 0.1) is 0 Å². The summed E-state index contributed by atoms with van der Waals surface area (Å²) in [6.07, 6.45) is 1.57. The van der Waals surface area contributed by atoms with Crippen LogP contribution in [0.4, 0.5) is 5.69 Å². The summed E-state index contributed by atoms with van der Waals surface area (Å²) in [6.45, 7) is 0. The van der Waals surface area contributed by atoms with Crippen LogP contribution in [0.25, 0.3) is 22.8 Å². The average molecular weight is 377 g/mol. The third-order valence-corrected chi connectivity index (χ3v) is 4.08. The van der Waals surface area contributed by atoms with Crippen molar-refractivity contribution in [3.05, 3.63) is 83.6 Å². The molecule has 0 atom stereocenters. The summed E-state index contributed by atoms with van der Waals surface area (Å²) in [5.41, 5.74) is 2.28. The van der Waals surface area contributed by atoms with Crippen molar-refractivity contribution in [3.63, 3.8) is 0 Å². The topological polar surface area (TPSA) is 80.9 Å². The van der Waals surface area contributed by atoms with Gasteiger partial charge in [0, 0.05) is 16.8 Å². The third kappa shape index (κ3) is 3.70. The number of anilines is 1. The van der Waals surface area contributed by atoms with Crippen LogP contribution in [-0.4, -0.2) is 21.0 Å². The van der Waals surface area contributed by atoms with Gasteiger partial charge in [0.05, 0.1) is 11.3 Å². The molecular weight excluding hydrogens is 364 g/mol. The van der Waals surface area contributed by atoms with Gasteiger partial charge in [-0.15, -0.1) is 0 Å². The maximum atomic E-state index is 12.4. The Morgan fingerprint density at radius 1 is 0.963 bits per heavy atom. The van der Waals surface area contributed by atoms with Gasteiger partial charge in [0.2, 0.25) is 5.82 Å². The Labute approximate surface area is 159 Å². The van der Waals surface area contributed by atoms with Crippen LogP contribution in [-0.2, 0) is 0 Å². The van der Waals surface area contributed by atoms with Crippen molar-refractivity contribution in [2.24, 2.45) is 0 Å². The zero-order valence-electron chi connectivity index (χ0n) is 14.0. The van der Waals surface area contributed by atoms with Crippen molar-refractivity contribution in [2.45, 2.75) is 0 Å². The summed E-state index contributed by atoms with van der Waals surface area (Å²) in [5, 5.41) is 7.48. The summed E-state index contributed by atoms with van der Waals surface area (Å²) >= 11 is 5.91. The standard InChI is InChI=1S/C20H13ClN4O2/c21-14-10-8-13(9-11-14)18-24-20(27-25-18)15-5-1-2-6-16(15)23-19(26)17-7-3-4-12-22-17/h1-12H,(H,23,26). The van der Waals surface area contributed by atoms with Crippen LogP contribution in [0.1, 0.15) is 10.5 Å². The molecule has 0 saturated carbocycles. The third-order valence-electron chi connectivity index (χ3n) is 3.83. The number of para-hydroxylation sites is 1. The Kier molecular flexibility index (Phi) is 4.63. The smallest absolute Gasteiger partial charge is 0.274 e. The predicted octanol–water partition coefficient (Wildman–Crippen LogP) is 4.70. The minimum atomic E-state index is -0.319. The number of hydrogen-bond donors (Lipinski definition) is 1. The first kappa shape index (κ1) is 16.9. The van der Waals surface area contributed by atoms with E-state index in [2.05, 4.69) is 20.4 Å². The molecule has 4 rings (SSSR count). The van der Waals surface area contributed by atoms with Gasteiger partial charge in [-0.25, -0.2) is 0 Å². The summed E-state index contributed by atoms with van der Waals surface area (Å²) < 4.78 is 5.40. The summed E-state index contributed by atoms with van der Waals surface area (Å²) in [7, 11) is 0. The van der Waals surface area contributed by atoms with Gasteiger partial charge in [-0.2, -0.15) is 4.98 Å². The largest absolute Gasteiger partial charge is 0.334 e. The van der Waals surface area contributed by atoms with E-state index in [0.717, 1.165) is 5.56 Å². The summed E-state index contributed by atoms with van der Waals surface area (Å²) in [5.74, 6) is 0.421. The molecule has 2 heterocycles. The zero-order chi connectivity index (χ0) is 18.6. The number of pyridine rings is 1. The molecule has 0 aliphatic rings. The van der Waals surface area contributed by atoms with Crippen molar-refractivity contribution in [1.29, 1.82) is 0 Å². The Bertz CT molecular complexity index is 1080. The van der Waals surface area contributed by atoms with E-state index in [0.29, 0.717) is 33.7 Å². The second-order valence-electron chi connectivity index (χ2n) is 5.64. The molecule has 0 spiro atoms. The fraction of sp³-hybridized carbons (Fsp3) is 0. The van der Waals surface area contributed by atoms with Gasteiger partial charge in [0.15, 0.2) is 0 Å². The fourth-order valence-electron chi connectivity index (χ4n) is 2.51. The first-order valence-electron chi connectivity index (χ1n) is 8.12. The van der Waals surface area contributed by atoms with E-state index in [-0.39, 0.29) is 5.91 Å². The summed E-state index contributed by atoms with van der Waals surface area (Å²) in [6, 6.07) is 19.5. The molecule has 0 aliphatic heterocycles. The molecule has 4 aromatic rings. The minimum absolute atomic E-state index is 0.303. The minimum Gasteiger partial charge on any atom is -0.334 e. The van der Waals surface area contributed by atoms with E-state index in [4.69, 9.17) is 16.1 Å². The lowest BCUT2D eigenvalue weighted by molar-refractivity contribution is 0.102. The van der Waals surface area contributed by atoms with E-state index >= 15 is 0 Å². The molecule has 6 nitrogen and oxygen atoms in total. The molecule has 0 bridgehead atoms. The molecule has 1 N–H and O–H groups in total. The summed E-state index contributed by atoms with van der Waals surface area (Å²) in [4.78, 5) is 20.9. The number of rotatable bonds is 4. The van der Waals surface area contributed by atoms with Gasteiger partial charge in [-0.3, -0.25) is 9.78 Å². The molecule has 0 fully saturated rings. The Morgan fingerprint density at radius 3 is 2.52 bits per heavy atom. The number of benzene rings is 2. The SMILES string of the molecule is O=C(Nc1ccccc1-c1nc(-c2ccc(Cl)cc2)no1)c1ccccn1. The van der Waals surface area contributed by atoms with E-state index < -0.39 is 0 Å². The van der Waals surface area contributed by atoms with Crippen molar-refractivity contribution < 1.29 is 9.32 Å². The molecule has 2 aromatic carbocycles. The van der Waals surface area contributed by atoms with Gasteiger partial charge in [-0.05, 0) is 48.5 Å². The molecule has 1 amide bonds. The van der Waals surface area contributed by atoms with Crippen molar-refractivity contribution >= 4 is 23.2 Å². The molecule has 2 aromatic heterocycles. The maximum absolute atomic E-state index is 12.4. The monoisotopic (exact) mass is 376 g/mol. The number of nitrogens with one attached hydrogen (secondary N) is 1. The van der Waals surface area contributed by atoms with Gasteiger partial charge in [-0.1, -0.05) is 35.0 Å². The predicted molar refractivity (Wildman–Crippen MR) is 102 cm³/mol. The highest BCUT2D eigenvalue weighted by molar-refractivity contribution is 6.30. The Hall–Kier alpha value is -3.51. The van der Waals surface area contributed by atoms with Crippen molar-refractivity contribution in [2.75, 3.05) is 5.32 Å². The first-order valence-corrected chi connectivity index (χ1v) is 8.50. The number of carbonyl (C=O) groups excluding carboxylic acids is 1. The van der Waals surface area contributed by atoms with Crippen LogP contribution in [0.5, 0.6) is 0 Å². The van der Waals surface area contributed by atoms with Crippen LogP contribution < -0.4 is 5.32 Å². The molecule has 0 saturated heterocycles. The molecule has 132 valence electrons. The highest BCUT2D eigenvalue weighted by atomic mass is 35.5. The van der Waals surface area contributed by atoms with Crippen LogP contribution in [0.2, 0.25) is 5.02 Å². The molecular formula is C20H13ClN4O2. The molecule has 27 heavy (non-hydrogen) atoms. The molecule has 0 aliphatic carbocycles. The fourth-order valence-corrected chi connectivity index (χ4v) is 2.64. The number of halogens is 1. The number of nitrogens with zero attached hydrogens (tertiary/aromatic N) is 3. The van der Waals surface area contributed by atoms with Crippen molar-refractivity contribution in [1.82, 2.24) is 15.1 Å². The lowest BCUT2D eigenvalue weighted by atomic mass is 10.1. The maximum Gasteiger partial charge on any atom is 0.274 e. The van der Waals surface area contributed by atoms with E-state index in [9.17, 15) is 4.79 Å². The highest BCUT2D eigenvalue weighted by Gasteiger charge is 2.16. The van der Waals surface area contributed by atoms with Crippen LogP contribution >= 0.6 is 11.6 Å². The van der Waals surface area contributed by atoms with Gasteiger partial charge in [0.1, 0.15) is 5.69 Å². The van der Waals surface area contributed by atoms with Crippen LogP contribution in [0.3, 0.4) is 0 Å². The van der Waals surface area contributed by atoms with Crippen molar-refractivity contribution in [3.8, 4) is 22.8 Å². The highest BCUT2D eigenvalue weighted by Crippen LogP contribution is 2.29. The second kappa shape index (κ2) is 7.39. The molecule has 0 unspecified atom stereocenters. The quantitative estimate of drug-likeness (QED) is 0.558. The lowest BCUT2D eigenvalue weighted by Crippen LogP contribution is -2.14. The Morgan fingerprint density at radius 2 is 1.74 bits per heavy atom. The van der Waals surface area contributed by atoms with Gasteiger partial charge >= 0.3 is 0 Å². The van der Waals surface area contributed by atoms with Gasteiger partial charge in [0.25, 0.3) is 11.8 Å². The molecule has 7 heteroatoms. The first-order chi connectivity index (χ1) is 13.2. The van der Waals surface area contributed by atoms with E-state index in [1.54, 1.807) is 48.7 Å². The second-order valence-corrected chi connectivity index (χ2v) is 6.08. The zero-order valence-corrected chi connectivity index (χ0v) is 14.7. The number of carbonyl (C=O) groups is 1. The normalized spacial score (nSPS) is 10.6. The lowest BCUT2D eigenvalue weighted by Gasteiger charge is -2.07. The average Bonchev–Trinajstić information content (AvgIpc) is 3.19. The van der Waals surface area contributed by atoms with Crippen LogP contribution in [0.15, 0.2) is 77.4 Å². The molecule has 0 radical (unpaired) electrons. The van der Waals surface area contributed by atoms with E-state index in [1.165, 1.54) is 0 Å². The van der Waals surface area contributed by atoms with E-state index in [1.807, 2.05) is 24.3 Å². The Balaban J connectivity index is 1.63. The number of hydrogen-bond acceptors (Lipinski definition) is 5. The number of amides is 1. The number of aromatic nitrogens is 3.